The molecule has 27 heavy (non-hydrogen) atoms. The monoisotopic (exact) mass is 382 g/mol. The Labute approximate surface area is 166 Å². The zero-order chi connectivity index (χ0) is 20.1. The van der Waals surface area contributed by atoms with Crippen molar-refractivity contribution >= 4 is 11.9 Å². The minimum Gasteiger partial charge on any atom is -0.462 e. The van der Waals surface area contributed by atoms with Crippen LogP contribution in [-0.4, -0.2) is 18.0 Å². The number of nitrogens with one attached hydrogen (secondary N) is 1. The number of carbonyl (C=O) groups is 2. The zero-order valence-corrected chi connectivity index (χ0v) is 17.8. The van der Waals surface area contributed by atoms with Crippen LogP contribution in [0.4, 0.5) is 0 Å². The molecule has 1 fully saturated rings. The van der Waals surface area contributed by atoms with Gasteiger partial charge in [0.05, 0.1) is 0 Å². The average Bonchev–Trinajstić information content (AvgIpc) is 2.62. The zero-order valence-electron chi connectivity index (χ0n) is 17.8. The summed E-state index contributed by atoms with van der Waals surface area (Å²) in [6.07, 6.45) is 13.4. The highest BCUT2D eigenvalue weighted by Gasteiger charge is 2.33. The van der Waals surface area contributed by atoms with E-state index >= 15 is 0 Å². The van der Waals surface area contributed by atoms with Gasteiger partial charge in [-0.25, -0.2) is 5.84 Å². The summed E-state index contributed by atoms with van der Waals surface area (Å²) in [4.78, 5) is 23.2. The molecule has 0 aromatic heterocycles. The number of unbranched alkanes of at least 4 members (excludes halogenated alkanes) is 7. The number of amides is 1. The minimum atomic E-state index is -0.0794. The van der Waals surface area contributed by atoms with Gasteiger partial charge in [-0.05, 0) is 43.4 Å². The Hall–Kier alpha value is -1.10. The summed E-state index contributed by atoms with van der Waals surface area (Å²) in [7, 11) is 0. The predicted molar refractivity (Wildman–Crippen MR) is 110 cm³/mol. The van der Waals surface area contributed by atoms with Crippen LogP contribution in [0.1, 0.15) is 104 Å². The lowest BCUT2D eigenvalue weighted by Gasteiger charge is -2.36. The van der Waals surface area contributed by atoms with Crippen LogP contribution < -0.4 is 11.3 Å². The second-order valence-corrected chi connectivity index (χ2v) is 8.75. The first kappa shape index (κ1) is 23.9. The van der Waals surface area contributed by atoms with E-state index in [1.807, 2.05) is 0 Å². The third-order valence-electron chi connectivity index (χ3n) is 5.94. The van der Waals surface area contributed by atoms with E-state index in [1.54, 1.807) is 0 Å². The SMILES string of the molecule is CC(C)[C@@H]1CC[C@@H](C)C[C@H]1OC(=O)CCCCCCCCCCC(=O)NN. The molecule has 1 saturated carbocycles. The molecule has 5 heteroatoms. The van der Waals surface area contributed by atoms with Crippen LogP contribution >= 0.6 is 0 Å². The molecule has 0 spiro atoms. The molecule has 0 aromatic rings. The normalized spacial score (nSPS) is 22.6. The molecule has 1 aliphatic rings. The summed E-state index contributed by atoms with van der Waals surface area (Å²) in [5, 5.41) is 0. The van der Waals surface area contributed by atoms with Crippen molar-refractivity contribution in [2.75, 3.05) is 0 Å². The van der Waals surface area contributed by atoms with Gasteiger partial charge in [0.1, 0.15) is 6.10 Å². The van der Waals surface area contributed by atoms with E-state index in [1.165, 1.54) is 32.1 Å². The van der Waals surface area contributed by atoms with Crippen LogP contribution in [0.25, 0.3) is 0 Å². The number of hydrogen-bond acceptors (Lipinski definition) is 4. The second kappa shape index (κ2) is 14.0. The summed E-state index contributed by atoms with van der Waals surface area (Å²) < 4.78 is 5.86. The van der Waals surface area contributed by atoms with Crippen molar-refractivity contribution < 1.29 is 14.3 Å². The summed E-state index contributed by atoms with van der Waals surface area (Å²) in [5.41, 5.74) is 2.16. The summed E-state index contributed by atoms with van der Waals surface area (Å²) in [6, 6.07) is 0. The first-order valence-corrected chi connectivity index (χ1v) is 11.1. The Morgan fingerprint density at radius 1 is 0.963 bits per heavy atom. The molecule has 3 atom stereocenters. The van der Waals surface area contributed by atoms with E-state index in [9.17, 15) is 9.59 Å². The third kappa shape index (κ3) is 10.7. The lowest BCUT2D eigenvalue weighted by atomic mass is 9.75. The van der Waals surface area contributed by atoms with Crippen LogP contribution in [0.15, 0.2) is 0 Å². The van der Waals surface area contributed by atoms with Crippen LogP contribution in [-0.2, 0) is 14.3 Å². The number of ether oxygens (including phenoxy) is 1. The van der Waals surface area contributed by atoms with Crippen molar-refractivity contribution in [3.05, 3.63) is 0 Å². The third-order valence-corrected chi connectivity index (χ3v) is 5.94. The number of nitrogens with two attached hydrogens (primary N) is 1. The minimum absolute atomic E-state index is 0.00192. The van der Waals surface area contributed by atoms with E-state index in [-0.39, 0.29) is 18.0 Å². The van der Waals surface area contributed by atoms with E-state index in [2.05, 4.69) is 26.2 Å². The second-order valence-electron chi connectivity index (χ2n) is 8.75. The van der Waals surface area contributed by atoms with Crippen LogP contribution in [0, 0.1) is 17.8 Å². The lowest BCUT2D eigenvalue weighted by Crippen LogP contribution is -2.35. The molecule has 0 aliphatic heterocycles. The summed E-state index contributed by atoms with van der Waals surface area (Å²) in [5.74, 6) is 6.75. The van der Waals surface area contributed by atoms with Crippen molar-refractivity contribution in [2.24, 2.45) is 23.6 Å². The standard InChI is InChI=1S/C22H42N2O3/c1-17(2)19-15-14-18(3)16-20(19)27-22(26)13-11-9-7-5-4-6-8-10-12-21(25)24-23/h17-20H,4-16,23H2,1-3H3,(H,24,25)/t18-,19+,20-/m1/s1. The highest BCUT2D eigenvalue weighted by Crippen LogP contribution is 2.35. The van der Waals surface area contributed by atoms with Crippen molar-refractivity contribution in [3.63, 3.8) is 0 Å². The first-order chi connectivity index (χ1) is 12.9. The number of carbonyl (C=O) groups excluding carboxylic acids is 2. The fraction of sp³-hybridized carbons (Fsp3) is 0.909. The van der Waals surface area contributed by atoms with E-state index in [4.69, 9.17) is 10.6 Å². The molecule has 0 unspecified atom stereocenters. The fourth-order valence-electron chi connectivity index (χ4n) is 4.17. The lowest BCUT2D eigenvalue weighted by molar-refractivity contribution is -0.156. The van der Waals surface area contributed by atoms with Gasteiger partial charge in [-0.2, -0.15) is 0 Å². The highest BCUT2D eigenvalue weighted by atomic mass is 16.5. The topological polar surface area (TPSA) is 81.4 Å². The maximum absolute atomic E-state index is 12.2. The Kier molecular flexibility index (Phi) is 12.4. The molecule has 0 radical (unpaired) electrons. The Morgan fingerprint density at radius 3 is 2.07 bits per heavy atom. The quantitative estimate of drug-likeness (QED) is 0.156. The van der Waals surface area contributed by atoms with Gasteiger partial charge in [-0.3, -0.25) is 15.0 Å². The maximum Gasteiger partial charge on any atom is 0.306 e. The molecular weight excluding hydrogens is 340 g/mol. The van der Waals surface area contributed by atoms with Gasteiger partial charge in [-0.1, -0.05) is 65.7 Å². The Bertz CT molecular complexity index is 426. The molecule has 0 bridgehead atoms. The van der Waals surface area contributed by atoms with Gasteiger partial charge in [0.2, 0.25) is 5.91 Å². The molecular formula is C22H42N2O3. The molecule has 0 heterocycles. The van der Waals surface area contributed by atoms with Gasteiger partial charge in [0.25, 0.3) is 0 Å². The van der Waals surface area contributed by atoms with E-state index in [0.29, 0.717) is 30.6 Å². The van der Waals surface area contributed by atoms with Crippen molar-refractivity contribution in [1.29, 1.82) is 0 Å². The van der Waals surface area contributed by atoms with Gasteiger partial charge < -0.3 is 4.74 Å². The maximum atomic E-state index is 12.2. The van der Waals surface area contributed by atoms with E-state index in [0.717, 1.165) is 38.5 Å². The highest BCUT2D eigenvalue weighted by molar-refractivity contribution is 5.75. The number of esters is 1. The number of rotatable bonds is 13. The predicted octanol–water partition coefficient (Wildman–Crippen LogP) is 4.88. The van der Waals surface area contributed by atoms with Gasteiger partial charge in [0, 0.05) is 12.8 Å². The molecule has 3 N–H and O–H groups in total. The van der Waals surface area contributed by atoms with Crippen LogP contribution in [0.2, 0.25) is 0 Å². The number of hydrazine groups is 1. The molecule has 1 rings (SSSR count). The first-order valence-electron chi connectivity index (χ1n) is 11.1. The van der Waals surface area contributed by atoms with E-state index < -0.39 is 0 Å². The fourth-order valence-corrected chi connectivity index (χ4v) is 4.17. The largest absolute Gasteiger partial charge is 0.462 e. The average molecular weight is 383 g/mol. The van der Waals surface area contributed by atoms with Crippen LogP contribution in [0.5, 0.6) is 0 Å². The molecule has 158 valence electrons. The summed E-state index contributed by atoms with van der Waals surface area (Å²) >= 11 is 0. The van der Waals surface area contributed by atoms with Crippen molar-refractivity contribution in [1.82, 2.24) is 5.43 Å². The Morgan fingerprint density at radius 2 is 1.52 bits per heavy atom. The summed E-state index contributed by atoms with van der Waals surface area (Å²) in [6.45, 7) is 6.76. The molecule has 1 amide bonds. The smallest absolute Gasteiger partial charge is 0.306 e. The van der Waals surface area contributed by atoms with Crippen molar-refractivity contribution in [3.8, 4) is 0 Å². The van der Waals surface area contributed by atoms with Gasteiger partial charge in [0.15, 0.2) is 0 Å². The van der Waals surface area contributed by atoms with Crippen LogP contribution in [0.3, 0.4) is 0 Å². The molecule has 0 saturated heterocycles. The van der Waals surface area contributed by atoms with Gasteiger partial charge in [-0.15, -0.1) is 0 Å². The number of hydrogen-bond donors (Lipinski definition) is 2. The van der Waals surface area contributed by atoms with Crippen molar-refractivity contribution in [2.45, 2.75) is 110 Å². The molecule has 0 aromatic carbocycles. The molecule has 1 aliphatic carbocycles. The van der Waals surface area contributed by atoms with Gasteiger partial charge >= 0.3 is 5.97 Å². The molecule has 5 nitrogen and oxygen atoms in total. The Balaban J connectivity index is 2.03.